The molecule has 5 rings (SSSR count). The molecule has 1 aromatic carbocycles. The van der Waals surface area contributed by atoms with E-state index in [1.165, 1.54) is 16.8 Å². The highest BCUT2D eigenvalue weighted by molar-refractivity contribution is 6.03. The molecule has 28 heavy (non-hydrogen) atoms. The molecule has 1 amide bonds. The number of anilines is 1. The molecule has 142 valence electrons. The average Bonchev–Trinajstić information content (AvgIpc) is 3.11. The molecule has 0 spiro atoms. The fraction of sp³-hybridized carbons (Fsp3) is 0.300. The Hall–Kier alpha value is -3.16. The van der Waals surface area contributed by atoms with Gasteiger partial charge in [-0.2, -0.15) is 5.10 Å². The minimum atomic E-state index is -0.705. The van der Waals surface area contributed by atoms with Crippen LogP contribution in [0.2, 0.25) is 0 Å². The number of nitrogens with one attached hydrogen (secondary N) is 1. The van der Waals surface area contributed by atoms with Gasteiger partial charge >= 0.3 is 0 Å². The van der Waals surface area contributed by atoms with Crippen molar-refractivity contribution in [1.82, 2.24) is 19.7 Å². The van der Waals surface area contributed by atoms with E-state index in [4.69, 9.17) is 0 Å². The number of fused-ring (bicyclic) bond motifs is 3. The van der Waals surface area contributed by atoms with Crippen molar-refractivity contribution in [3.05, 3.63) is 64.4 Å². The van der Waals surface area contributed by atoms with E-state index in [0.29, 0.717) is 17.6 Å². The average molecular weight is 381 g/mol. The predicted molar refractivity (Wildman–Crippen MR) is 97.5 cm³/mol. The lowest BCUT2D eigenvalue weighted by Crippen LogP contribution is -2.16. The molecule has 6 nitrogen and oxygen atoms in total. The number of hydrogen-bond acceptors (Lipinski definition) is 4. The van der Waals surface area contributed by atoms with Crippen molar-refractivity contribution in [1.29, 1.82) is 0 Å². The smallest absolute Gasteiger partial charge is 0.277 e. The fourth-order valence-corrected chi connectivity index (χ4v) is 4.09. The summed E-state index contributed by atoms with van der Waals surface area (Å²) in [5, 5.41) is 7.18. The maximum Gasteiger partial charge on any atom is 0.277 e. The molecule has 0 radical (unpaired) electrons. The molecule has 8 heteroatoms. The van der Waals surface area contributed by atoms with Gasteiger partial charge in [0.15, 0.2) is 11.5 Å². The molecule has 2 atom stereocenters. The van der Waals surface area contributed by atoms with Crippen LogP contribution in [0.15, 0.2) is 24.3 Å². The zero-order valence-electron chi connectivity index (χ0n) is 15.3. The second kappa shape index (κ2) is 5.92. The van der Waals surface area contributed by atoms with Crippen LogP contribution in [0.3, 0.4) is 0 Å². The van der Waals surface area contributed by atoms with Gasteiger partial charge in [-0.3, -0.25) is 4.79 Å². The molecule has 0 unspecified atom stereocenters. The van der Waals surface area contributed by atoms with Crippen LogP contribution < -0.4 is 5.32 Å². The molecule has 0 bridgehead atoms. The quantitative estimate of drug-likeness (QED) is 0.754. The first-order valence-corrected chi connectivity index (χ1v) is 9.11. The van der Waals surface area contributed by atoms with E-state index < -0.39 is 17.5 Å². The van der Waals surface area contributed by atoms with Crippen LogP contribution in [-0.2, 0) is 6.42 Å². The van der Waals surface area contributed by atoms with Crippen molar-refractivity contribution in [2.45, 2.75) is 32.6 Å². The van der Waals surface area contributed by atoms with E-state index in [0.717, 1.165) is 35.9 Å². The molecule has 1 saturated carbocycles. The van der Waals surface area contributed by atoms with Crippen molar-refractivity contribution in [3.8, 4) is 5.69 Å². The van der Waals surface area contributed by atoms with E-state index in [1.54, 1.807) is 13.0 Å². The summed E-state index contributed by atoms with van der Waals surface area (Å²) < 4.78 is 29.2. The van der Waals surface area contributed by atoms with Crippen LogP contribution in [0.4, 0.5) is 14.6 Å². The highest BCUT2D eigenvalue weighted by atomic mass is 19.1. The number of nitrogens with zero attached hydrogens (tertiary/aromatic N) is 4. The van der Waals surface area contributed by atoms with Crippen molar-refractivity contribution in [3.63, 3.8) is 0 Å². The van der Waals surface area contributed by atoms with Gasteiger partial charge in [0.25, 0.3) is 5.91 Å². The number of carbonyl (C=O) groups is 1. The summed E-state index contributed by atoms with van der Waals surface area (Å²) >= 11 is 0. The topological polar surface area (TPSA) is 72.7 Å². The van der Waals surface area contributed by atoms with Gasteiger partial charge in [-0.1, -0.05) is 0 Å². The van der Waals surface area contributed by atoms with Crippen molar-refractivity contribution < 1.29 is 13.6 Å². The van der Waals surface area contributed by atoms with E-state index in [9.17, 15) is 13.6 Å². The van der Waals surface area contributed by atoms with Crippen LogP contribution in [0.25, 0.3) is 5.69 Å². The number of hydrogen-bond donors (Lipinski definition) is 1. The van der Waals surface area contributed by atoms with Gasteiger partial charge in [0.05, 0.1) is 5.69 Å². The molecular weight excluding hydrogens is 364 g/mol. The third kappa shape index (κ3) is 2.67. The lowest BCUT2D eigenvalue weighted by molar-refractivity contribution is 0.102. The van der Waals surface area contributed by atoms with Gasteiger partial charge in [0.1, 0.15) is 23.1 Å². The monoisotopic (exact) mass is 381 g/mol. The molecule has 1 fully saturated rings. The number of aryl methyl sites for hydroxylation is 2. The van der Waals surface area contributed by atoms with Crippen molar-refractivity contribution >= 4 is 11.7 Å². The van der Waals surface area contributed by atoms with Gasteiger partial charge in [-0.05, 0) is 44.7 Å². The van der Waals surface area contributed by atoms with Crippen LogP contribution >= 0.6 is 0 Å². The number of benzene rings is 1. The molecule has 1 N–H and O–H groups in total. The second-order valence-electron chi connectivity index (χ2n) is 7.42. The van der Waals surface area contributed by atoms with Gasteiger partial charge in [0, 0.05) is 29.3 Å². The summed E-state index contributed by atoms with van der Waals surface area (Å²) in [6.07, 6.45) is 1.75. The molecule has 2 aromatic heterocycles. The molecule has 0 saturated heterocycles. The van der Waals surface area contributed by atoms with Crippen LogP contribution in [0.5, 0.6) is 0 Å². The molecule has 2 heterocycles. The molecular formula is C20H17F2N5O. The van der Waals surface area contributed by atoms with Crippen LogP contribution in [-0.4, -0.2) is 25.7 Å². The SMILES string of the molecule is Cc1cc(NC(=O)c2nn(-c3ccc(F)cc3F)c3c2C[C@H]2C[C@@H]32)nc(C)n1. The van der Waals surface area contributed by atoms with Gasteiger partial charge in [-0.25, -0.2) is 23.4 Å². The Morgan fingerprint density at radius 3 is 2.79 bits per heavy atom. The lowest BCUT2D eigenvalue weighted by Gasteiger charge is -2.07. The van der Waals surface area contributed by atoms with Crippen LogP contribution in [0, 0.1) is 31.4 Å². The summed E-state index contributed by atoms with van der Waals surface area (Å²) in [5.74, 6) is -0.0495. The summed E-state index contributed by atoms with van der Waals surface area (Å²) in [5.41, 5.74) is 2.85. The third-order valence-electron chi connectivity index (χ3n) is 5.32. The standard InChI is InChI=1S/C20H17F2N5O/c1-9-5-17(24-10(2)23-9)25-20(28)18-14-7-11-6-13(11)19(14)27(26-18)16-4-3-12(21)8-15(16)22/h3-5,8,11,13H,6-7H2,1-2H3,(H,23,24,25,28)/t11-,13-/m1/s1. The van der Waals surface area contributed by atoms with Crippen molar-refractivity contribution in [2.75, 3.05) is 5.32 Å². The fourth-order valence-electron chi connectivity index (χ4n) is 4.09. The summed E-state index contributed by atoms with van der Waals surface area (Å²) in [6.45, 7) is 3.57. The van der Waals surface area contributed by atoms with E-state index in [2.05, 4.69) is 20.4 Å². The van der Waals surface area contributed by atoms with Gasteiger partial charge < -0.3 is 5.32 Å². The zero-order valence-corrected chi connectivity index (χ0v) is 15.3. The Morgan fingerprint density at radius 2 is 2.04 bits per heavy atom. The largest absolute Gasteiger partial charge is 0.305 e. The number of aromatic nitrogens is 4. The van der Waals surface area contributed by atoms with E-state index in [-0.39, 0.29) is 17.3 Å². The summed E-state index contributed by atoms with van der Waals surface area (Å²) in [7, 11) is 0. The summed E-state index contributed by atoms with van der Waals surface area (Å²) in [4.78, 5) is 21.3. The first-order valence-electron chi connectivity index (χ1n) is 9.11. The highest BCUT2D eigenvalue weighted by Crippen LogP contribution is 2.57. The number of rotatable bonds is 3. The molecule has 2 aliphatic carbocycles. The summed E-state index contributed by atoms with van der Waals surface area (Å²) in [6, 6.07) is 5.05. The van der Waals surface area contributed by atoms with E-state index >= 15 is 0 Å². The lowest BCUT2D eigenvalue weighted by atomic mass is 10.1. The molecule has 0 aliphatic heterocycles. The van der Waals surface area contributed by atoms with Gasteiger partial charge in [0.2, 0.25) is 0 Å². The Balaban J connectivity index is 1.56. The Labute approximate surface area is 159 Å². The maximum absolute atomic E-state index is 14.4. The van der Waals surface area contributed by atoms with Crippen molar-refractivity contribution in [2.24, 2.45) is 5.92 Å². The van der Waals surface area contributed by atoms with E-state index in [1.807, 2.05) is 6.92 Å². The number of carbonyl (C=O) groups excluding carboxylic acids is 1. The Kier molecular flexibility index (Phi) is 3.59. The minimum Gasteiger partial charge on any atom is -0.305 e. The minimum absolute atomic E-state index is 0.151. The molecule has 3 aromatic rings. The zero-order chi connectivity index (χ0) is 19.6. The van der Waals surface area contributed by atoms with Gasteiger partial charge in [-0.15, -0.1) is 0 Å². The van der Waals surface area contributed by atoms with Crippen LogP contribution in [0.1, 0.15) is 45.6 Å². The second-order valence-corrected chi connectivity index (χ2v) is 7.42. The Morgan fingerprint density at radius 1 is 1.21 bits per heavy atom. The third-order valence-corrected chi connectivity index (χ3v) is 5.32. The number of halogens is 2. The normalized spacial score (nSPS) is 19.3. The predicted octanol–water partition coefficient (Wildman–Crippen LogP) is 3.47. The first kappa shape index (κ1) is 17.0. The highest BCUT2D eigenvalue weighted by Gasteiger charge is 2.50. The Bertz CT molecular complexity index is 1120. The maximum atomic E-state index is 14.4. The molecule has 2 aliphatic rings. The number of amides is 1. The first-order chi connectivity index (χ1) is 13.4.